The summed E-state index contributed by atoms with van der Waals surface area (Å²) in [5, 5.41) is 5.72. The third-order valence-corrected chi connectivity index (χ3v) is 6.90. The number of hydrogen-bond donors (Lipinski definition) is 3. The van der Waals surface area contributed by atoms with E-state index in [1.165, 1.54) is 4.90 Å². The maximum atomic E-state index is 14.2. The minimum atomic E-state index is -1.29. The first kappa shape index (κ1) is 32.8. The fourth-order valence-electron chi connectivity index (χ4n) is 4.98. The van der Waals surface area contributed by atoms with Crippen molar-refractivity contribution in [3.05, 3.63) is 42.0 Å². The van der Waals surface area contributed by atoms with Gasteiger partial charge in [-0.1, -0.05) is 76.3 Å². The van der Waals surface area contributed by atoms with Crippen molar-refractivity contribution in [3.63, 3.8) is 0 Å². The highest BCUT2D eigenvalue weighted by atomic mass is 16.6. The van der Waals surface area contributed by atoms with Crippen LogP contribution >= 0.6 is 0 Å². The maximum absolute atomic E-state index is 14.2. The largest absolute Gasteiger partial charge is 0.444 e. The van der Waals surface area contributed by atoms with E-state index in [0.29, 0.717) is 12.0 Å². The first-order valence-electron chi connectivity index (χ1n) is 14.6. The van der Waals surface area contributed by atoms with Gasteiger partial charge in [-0.15, -0.1) is 0 Å². The molecule has 1 aliphatic carbocycles. The summed E-state index contributed by atoms with van der Waals surface area (Å²) in [6.07, 6.45) is 8.94. The van der Waals surface area contributed by atoms with Gasteiger partial charge in [0.25, 0.3) is 0 Å². The summed E-state index contributed by atoms with van der Waals surface area (Å²) < 4.78 is 5.35. The summed E-state index contributed by atoms with van der Waals surface area (Å²) in [7, 11) is 0. The van der Waals surface area contributed by atoms with Crippen molar-refractivity contribution in [2.75, 3.05) is 6.54 Å². The topological polar surface area (TPSA) is 131 Å². The summed E-state index contributed by atoms with van der Waals surface area (Å²) in [6.45, 7) is 11.3. The zero-order valence-electron chi connectivity index (χ0n) is 24.7. The van der Waals surface area contributed by atoms with Gasteiger partial charge in [-0.25, -0.2) is 4.79 Å². The van der Waals surface area contributed by atoms with Crippen LogP contribution in [0.25, 0.3) is 6.08 Å². The zero-order chi connectivity index (χ0) is 29.7. The Kier molecular flexibility index (Phi) is 13.2. The Hall–Kier alpha value is -3.36. The Morgan fingerprint density at radius 1 is 1.12 bits per heavy atom. The minimum Gasteiger partial charge on any atom is -0.444 e. The van der Waals surface area contributed by atoms with Crippen LogP contribution in [0.4, 0.5) is 4.79 Å². The van der Waals surface area contributed by atoms with Crippen molar-refractivity contribution in [2.24, 2.45) is 5.73 Å². The molecule has 2 unspecified atom stereocenters. The van der Waals surface area contributed by atoms with Crippen molar-refractivity contribution >= 4 is 29.9 Å². The monoisotopic (exact) mass is 556 g/mol. The van der Waals surface area contributed by atoms with Gasteiger partial charge in [0.1, 0.15) is 17.7 Å². The van der Waals surface area contributed by atoms with Crippen LogP contribution in [0.1, 0.15) is 109 Å². The van der Waals surface area contributed by atoms with Gasteiger partial charge < -0.3 is 26.0 Å². The molecule has 1 aliphatic rings. The van der Waals surface area contributed by atoms with Gasteiger partial charge in [0, 0.05) is 12.6 Å². The fraction of sp³-hybridized carbons (Fsp3) is 0.613. The SMILES string of the molecule is C=Cc1cccc(C(C(=O)NC2CCCCC2)N(CCCCCC)C(=O)C(CC(N)=O)NC(=O)OC(C)(C)C)c1. The molecule has 0 heterocycles. The lowest BCUT2D eigenvalue weighted by molar-refractivity contribution is -0.143. The molecule has 0 spiro atoms. The first-order chi connectivity index (χ1) is 18.9. The first-order valence-corrected chi connectivity index (χ1v) is 14.6. The highest BCUT2D eigenvalue weighted by molar-refractivity contribution is 5.94. The van der Waals surface area contributed by atoms with Crippen molar-refractivity contribution in [3.8, 4) is 0 Å². The van der Waals surface area contributed by atoms with Crippen LogP contribution in [0.2, 0.25) is 0 Å². The number of ether oxygens (including phenoxy) is 1. The molecule has 1 aromatic carbocycles. The van der Waals surface area contributed by atoms with Crippen LogP contribution in [0.5, 0.6) is 0 Å². The molecule has 1 aromatic rings. The molecule has 0 radical (unpaired) electrons. The molecule has 222 valence electrons. The molecular weight excluding hydrogens is 508 g/mol. The van der Waals surface area contributed by atoms with Crippen LogP contribution in [-0.2, 0) is 19.1 Å². The lowest BCUT2D eigenvalue weighted by Crippen LogP contribution is -2.55. The Labute approximate surface area is 239 Å². The summed E-state index contributed by atoms with van der Waals surface area (Å²) in [6, 6.07) is 5.14. The Morgan fingerprint density at radius 3 is 2.42 bits per heavy atom. The highest BCUT2D eigenvalue weighted by Gasteiger charge is 2.37. The van der Waals surface area contributed by atoms with E-state index in [0.717, 1.165) is 56.9 Å². The van der Waals surface area contributed by atoms with Crippen molar-refractivity contribution in [1.82, 2.24) is 15.5 Å². The molecule has 2 atom stereocenters. The average Bonchev–Trinajstić information content (AvgIpc) is 2.89. The maximum Gasteiger partial charge on any atom is 0.408 e. The highest BCUT2D eigenvalue weighted by Crippen LogP contribution is 2.27. The van der Waals surface area contributed by atoms with Gasteiger partial charge in [-0.3, -0.25) is 14.4 Å². The lowest BCUT2D eigenvalue weighted by Gasteiger charge is -2.35. The van der Waals surface area contributed by atoms with Crippen molar-refractivity contribution < 1.29 is 23.9 Å². The number of nitrogens with one attached hydrogen (secondary N) is 2. The van der Waals surface area contributed by atoms with Gasteiger partial charge in [0.05, 0.1) is 6.42 Å². The van der Waals surface area contributed by atoms with E-state index in [2.05, 4.69) is 24.1 Å². The van der Waals surface area contributed by atoms with Gasteiger partial charge in [-0.2, -0.15) is 0 Å². The number of carbonyl (C=O) groups is 4. The molecule has 9 heteroatoms. The quantitative estimate of drug-likeness (QED) is 0.278. The molecular formula is C31H48N4O5. The van der Waals surface area contributed by atoms with Gasteiger partial charge in [0.15, 0.2) is 0 Å². The number of nitrogens with zero attached hydrogens (tertiary/aromatic N) is 1. The average molecular weight is 557 g/mol. The summed E-state index contributed by atoms with van der Waals surface area (Å²) in [4.78, 5) is 54.3. The molecule has 0 bridgehead atoms. The Bertz CT molecular complexity index is 1010. The predicted molar refractivity (Wildman–Crippen MR) is 157 cm³/mol. The van der Waals surface area contributed by atoms with Gasteiger partial charge in [-0.05, 0) is 57.2 Å². The van der Waals surface area contributed by atoms with Crippen LogP contribution in [0.3, 0.4) is 0 Å². The summed E-state index contributed by atoms with van der Waals surface area (Å²) >= 11 is 0. The molecule has 2 rings (SSSR count). The van der Waals surface area contributed by atoms with Gasteiger partial charge in [0.2, 0.25) is 17.7 Å². The summed E-state index contributed by atoms with van der Waals surface area (Å²) in [5.74, 6) is -1.60. The second-order valence-electron chi connectivity index (χ2n) is 11.6. The standard InChI is InChI=1S/C31H48N4O5/c1-6-8-9-13-19-35(29(38)25(21-26(32)36)34-30(39)40-31(3,4)5)27(23-16-14-15-22(7-2)20-23)28(37)33-24-17-11-10-12-18-24/h7,14-16,20,24-25,27H,2,6,8-13,17-19,21H2,1,3-5H3,(H2,32,36)(H,33,37)(H,34,39). The number of amides is 4. The number of primary amides is 1. The number of unbranched alkanes of at least 4 members (excludes halogenated alkanes) is 3. The summed E-state index contributed by atoms with van der Waals surface area (Å²) in [5.41, 5.74) is 6.12. The van der Waals surface area contributed by atoms with Crippen molar-refractivity contribution in [1.29, 1.82) is 0 Å². The molecule has 1 saturated carbocycles. The Balaban J connectivity index is 2.50. The van der Waals surface area contributed by atoms with E-state index >= 15 is 0 Å². The minimum absolute atomic E-state index is 0.0321. The number of alkyl carbamates (subject to hydrolysis) is 1. The van der Waals surface area contributed by atoms with Crippen LogP contribution < -0.4 is 16.4 Å². The van der Waals surface area contributed by atoms with E-state index in [9.17, 15) is 19.2 Å². The lowest BCUT2D eigenvalue weighted by atomic mass is 9.94. The third-order valence-electron chi connectivity index (χ3n) is 6.90. The van der Waals surface area contributed by atoms with E-state index in [4.69, 9.17) is 10.5 Å². The van der Waals surface area contributed by atoms with Crippen molar-refractivity contribution in [2.45, 2.75) is 116 Å². The molecule has 9 nitrogen and oxygen atoms in total. The van der Waals surface area contributed by atoms with Crippen LogP contribution in [-0.4, -0.2) is 52.9 Å². The van der Waals surface area contributed by atoms with E-state index in [-0.39, 0.29) is 18.5 Å². The predicted octanol–water partition coefficient (Wildman–Crippen LogP) is 5.00. The molecule has 4 amide bonds. The zero-order valence-corrected chi connectivity index (χ0v) is 24.7. The number of rotatable bonds is 14. The molecule has 1 fully saturated rings. The number of benzene rings is 1. The van der Waals surface area contributed by atoms with E-state index in [1.807, 2.05) is 24.3 Å². The van der Waals surface area contributed by atoms with E-state index < -0.39 is 42.0 Å². The second kappa shape index (κ2) is 16.0. The van der Waals surface area contributed by atoms with Gasteiger partial charge >= 0.3 is 6.09 Å². The van der Waals surface area contributed by atoms with E-state index in [1.54, 1.807) is 26.8 Å². The normalized spacial score (nSPS) is 15.4. The molecule has 0 aliphatic heterocycles. The van der Waals surface area contributed by atoms with Crippen LogP contribution in [0, 0.1) is 0 Å². The number of carbonyl (C=O) groups excluding carboxylic acids is 4. The Morgan fingerprint density at radius 2 is 1.82 bits per heavy atom. The molecule has 0 saturated heterocycles. The molecule has 0 aromatic heterocycles. The number of hydrogen-bond acceptors (Lipinski definition) is 5. The van der Waals surface area contributed by atoms with Crippen LogP contribution in [0.15, 0.2) is 30.8 Å². The second-order valence-corrected chi connectivity index (χ2v) is 11.6. The smallest absolute Gasteiger partial charge is 0.408 e. The molecule has 40 heavy (non-hydrogen) atoms. The fourth-order valence-corrected chi connectivity index (χ4v) is 4.98. The molecule has 4 N–H and O–H groups in total. The number of nitrogens with two attached hydrogens (primary N) is 1. The third kappa shape index (κ3) is 11.0.